The first-order chi connectivity index (χ1) is 13.0. The van der Waals surface area contributed by atoms with Gasteiger partial charge in [-0.05, 0) is 42.3 Å². The van der Waals surface area contributed by atoms with Crippen molar-refractivity contribution >= 4 is 34.0 Å². The number of hydrogen-bond acceptors (Lipinski definition) is 6. The van der Waals surface area contributed by atoms with Crippen molar-refractivity contribution in [3.8, 4) is 0 Å². The summed E-state index contributed by atoms with van der Waals surface area (Å²) in [4.78, 5) is 26.6. The fraction of sp³-hybridized carbons (Fsp3) is 0.316. The van der Waals surface area contributed by atoms with Gasteiger partial charge in [0.1, 0.15) is 11.2 Å². The van der Waals surface area contributed by atoms with Crippen molar-refractivity contribution in [2.24, 2.45) is 0 Å². The van der Waals surface area contributed by atoms with E-state index < -0.39 is 4.92 Å². The Kier molecular flexibility index (Phi) is 4.67. The van der Waals surface area contributed by atoms with Crippen LogP contribution in [0.15, 0.2) is 30.3 Å². The van der Waals surface area contributed by atoms with Gasteiger partial charge in [-0.1, -0.05) is 13.0 Å². The van der Waals surface area contributed by atoms with Gasteiger partial charge in [-0.2, -0.15) is 0 Å². The van der Waals surface area contributed by atoms with Crippen LogP contribution in [0.25, 0.3) is 6.08 Å². The highest BCUT2D eigenvalue weighted by atomic mass is 32.1. The fourth-order valence-electron chi connectivity index (χ4n) is 3.47. The first-order valence-electron chi connectivity index (χ1n) is 8.92. The van der Waals surface area contributed by atoms with Gasteiger partial charge in [-0.15, -0.1) is 11.3 Å². The van der Waals surface area contributed by atoms with E-state index in [1.54, 1.807) is 23.5 Å². The number of likely N-dealkylation sites (N-methyl/N-ethyl adjacent to an activating group) is 1. The van der Waals surface area contributed by atoms with Crippen LogP contribution in [-0.2, 0) is 13.0 Å². The molecule has 0 spiro atoms. The van der Waals surface area contributed by atoms with Crippen LogP contribution in [0, 0.1) is 10.1 Å². The molecule has 2 aromatic rings. The summed E-state index contributed by atoms with van der Waals surface area (Å²) in [7, 11) is 0. The van der Waals surface area contributed by atoms with Gasteiger partial charge in [0.05, 0.1) is 10.5 Å². The highest BCUT2D eigenvalue weighted by molar-refractivity contribution is 7.16. The Balaban J connectivity index is 1.51. The number of nitro benzene ring substituents is 1. The maximum Gasteiger partial charge on any atom is 0.269 e. The second-order valence-corrected chi connectivity index (χ2v) is 7.74. The third-order valence-electron chi connectivity index (χ3n) is 4.97. The predicted molar refractivity (Wildman–Crippen MR) is 106 cm³/mol. The number of hydrogen-bond donors (Lipinski definition) is 2. The first-order valence-corrected chi connectivity index (χ1v) is 9.73. The molecule has 0 saturated carbocycles. The maximum atomic E-state index is 12.6. The molecule has 140 valence electrons. The zero-order valence-corrected chi connectivity index (χ0v) is 15.7. The second-order valence-electron chi connectivity index (χ2n) is 6.63. The highest BCUT2D eigenvalue weighted by Gasteiger charge is 2.31. The van der Waals surface area contributed by atoms with E-state index >= 15 is 0 Å². The molecule has 2 N–H and O–H groups in total. The molecule has 1 aromatic heterocycles. The lowest BCUT2D eigenvalue weighted by molar-refractivity contribution is -0.384. The fourth-order valence-corrected chi connectivity index (χ4v) is 4.79. The quantitative estimate of drug-likeness (QED) is 0.624. The molecule has 3 heterocycles. The van der Waals surface area contributed by atoms with Gasteiger partial charge < -0.3 is 10.6 Å². The van der Waals surface area contributed by atoms with Crippen LogP contribution >= 0.6 is 11.3 Å². The number of thiophene rings is 1. The van der Waals surface area contributed by atoms with Crippen LogP contribution in [0.5, 0.6) is 0 Å². The number of anilines is 1. The van der Waals surface area contributed by atoms with E-state index in [1.807, 2.05) is 12.2 Å². The third kappa shape index (κ3) is 3.45. The van der Waals surface area contributed by atoms with Crippen molar-refractivity contribution < 1.29 is 9.72 Å². The summed E-state index contributed by atoms with van der Waals surface area (Å²) in [5.41, 5.74) is 2.88. The van der Waals surface area contributed by atoms with E-state index in [1.165, 1.54) is 22.6 Å². The summed E-state index contributed by atoms with van der Waals surface area (Å²) in [6, 6.07) is 6.32. The molecule has 2 aliphatic rings. The molecular formula is C19H20N4O3S. The molecule has 0 saturated heterocycles. The Bertz CT molecular complexity index is 920. The van der Waals surface area contributed by atoms with Gasteiger partial charge in [-0.3, -0.25) is 19.8 Å². The minimum absolute atomic E-state index is 0.0375. The SMILES string of the molecule is CCN1CCc2c(sc3c2C(=O)N[C@@H](/C=C\c2ccc([N+](=O)[O-])cc2)N3)C1. The summed E-state index contributed by atoms with van der Waals surface area (Å²) in [5, 5.41) is 18.0. The molecule has 1 aromatic carbocycles. The average Bonchev–Trinajstić information content (AvgIpc) is 3.04. The number of rotatable bonds is 4. The van der Waals surface area contributed by atoms with Gasteiger partial charge in [0.2, 0.25) is 0 Å². The number of nitrogens with one attached hydrogen (secondary N) is 2. The van der Waals surface area contributed by atoms with E-state index in [2.05, 4.69) is 22.5 Å². The van der Waals surface area contributed by atoms with Crippen LogP contribution in [-0.4, -0.2) is 35.0 Å². The zero-order chi connectivity index (χ0) is 19.0. The summed E-state index contributed by atoms with van der Waals surface area (Å²) < 4.78 is 0. The number of non-ortho nitro benzene ring substituents is 1. The molecule has 27 heavy (non-hydrogen) atoms. The second kappa shape index (κ2) is 7.13. The molecule has 0 unspecified atom stereocenters. The average molecular weight is 384 g/mol. The van der Waals surface area contributed by atoms with Crippen molar-refractivity contribution in [3.63, 3.8) is 0 Å². The Morgan fingerprint density at radius 1 is 1.33 bits per heavy atom. The number of benzene rings is 1. The van der Waals surface area contributed by atoms with E-state index in [-0.39, 0.29) is 17.8 Å². The normalized spacial score (nSPS) is 19.3. The molecular weight excluding hydrogens is 364 g/mol. The standard InChI is InChI=1S/C19H20N4O3S/c1-2-22-10-9-14-15(11-22)27-19-17(14)18(24)20-16(21-19)8-5-12-3-6-13(7-4-12)23(25)26/h3-8,16,21H,2,9-11H2,1H3,(H,20,24)/b8-5-/t16-/m1/s1. The van der Waals surface area contributed by atoms with Gasteiger partial charge in [0, 0.05) is 30.1 Å². The van der Waals surface area contributed by atoms with E-state index in [0.717, 1.165) is 42.2 Å². The number of carbonyl (C=O) groups is 1. The van der Waals surface area contributed by atoms with Crippen LogP contribution in [0.4, 0.5) is 10.7 Å². The summed E-state index contributed by atoms with van der Waals surface area (Å²) in [6.45, 7) is 5.07. The maximum absolute atomic E-state index is 12.6. The van der Waals surface area contributed by atoms with Gasteiger partial charge >= 0.3 is 0 Å². The Hall–Kier alpha value is -2.71. The van der Waals surface area contributed by atoms with Crippen molar-refractivity contribution in [2.75, 3.05) is 18.4 Å². The van der Waals surface area contributed by atoms with Crippen LogP contribution in [0.1, 0.15) is 33.3 Å². The molecule has 8 heteroatoms. The Morgan fingerprint density at radius 2 is 2.11 bits per heavy atom. The largest absolute Gasteiger partial charge is 0.353 e. The molecule has 2 aliphatic heterocycles. The lowest BCUT2D eigenvalue weighted by atomic mass is 10.0. The highest BCUT2D eigenvalue weighted by Crippen LogP contribution is 2.38. The van der Waals surface area contributed by atoms with Crippen molar-refractivity contribution in [2.45, 2.75) is 26.1 Å². The number of nitrogens with zero attached hydrogens (tertiary/aromatic N) is 2. The van der Waals surface area contributed by atoms with Gasteiger partial charge in [0.25, 0.3) is 11.6 Å². The number of carbonyl (C=O) groups excluding carboxylic acids is 1. The van der Waals surface area contributed by atoms with Crippen LogP contribution in [0.3, 0.4) is 0 Å². The van der Waals surface area contributed by atoms with Gasteiger partial charge in [0.15, 0.2) is 0 Å². The van der Waals surface area contributed by atoms with E-state index in [9.17, 15) is 14.9 Å². The van der Waals surface area contributed by atoms with E-state index in [0.29, 0.717) is 0 Å². The monoisotopic (exact) mass is 384 g/mol. The van der Waals surface area contributed by atoms with Crippen molar-refractivity contribution in [1.82, 2.24) is 10.2 Å². The summed E-state index contributed by atoms with van der Waals surface area (Å²) in [5.74, 6) is -0.0375. The Labute approximate surface area is 160 Å². The lowest BCUT2D eigenvalue weighted by Crippen LogP contribution is -2.43. The van der Waals surface area contributed by atoms with Crippen LogP contribution < -0.4 is 10.6 Å². The first kappa shape index (κ1) is 17.7. The van der Waals surface area contributed by atoms with E-state index in [4.69, 9.17) is 0 Å². The van der Waals surface area contributed by atoms with Gasteiger partial charge in [-0.25, -0.2) is 0 Å². The molecule has 1 atom stereocenters. The predicted octanol–water partition coefficient (Wildman–Crippen LogP) is 3.23. The van der Waals surface area contributed by atoms with Crippen LogP contribution in [0.2, 0.25) is 0 Å². The molecule has 0 aliphatic carbocycles. The molecule has 4 rings (SSSR count). The molecule has 0 fully saturated rings. The zero-order valence-electron chi connectivity index (χ0n) is 14.9. The summed E-state index contributed by atoms with van der Waals surface area (Å²) >= 11 is 1.67. The molecule has 7 nitrogen and oxygen atoms in total. The van der Waals surface area contributed by atoms with Crippen molar-refractivity contribution in [3.05, 3.63) is 62.0 Å². The summed E-state index contributed by atoms with van der Waals surface area (Å²) in [6.07, 6.45) is 4.31. The van der Waals surface area contributed by atoms with Crippen molar-refractivity contribution in [1.29, 1.82) is 0 Å². The molecule has 1 amide bonds. The Morgan fingerprint density at radius 3 is 2.81 bits per heavy atom. The lowest BCUT2D eigenvalue weighted by Gasteiger charge is -2.26. The molecule has 0 bridgehead atoms. The number of fused-ring (bicyclic) bond motifs is 3. The molecule has 0 radical (unpaired) electrons. The number of amides is 1. The topological polar surface area (TPSA) is 87.5 Å². The minimum atomic E-state index is -0.420. The smallest absolute Gasteiger partial charge is 0.269 e. The number of nitro groups is 1. The third-order valence-corrected chi connectivity index (χ3v) is 6.12. The minimum Gasteiger partial charge on any atom is -0.353 e.